The fourth-order valence-electron chi connectivity index (χ4n) is 2.80. The Labute approximate surface area is 123 Å². The fraction of sp³-hybridized carbons (Fsp3) is 0.500. The van der Waals surface area contributed by atoms with E-state index in [0.717, 1.165) is 37.4 Å². The van der Waals surface area contributed by atoms with Crippen LogP contribution < -0.4 is 5.32 Å². The van der Waals surface area contributed by atoms with Crippen LogP contribution in [0.25, 0.3) is 11.4 Å². The van der Waals surface area contributed by atoms with E-state index in [1.54, 1.807) is 6.07 Å². The largest absolute Gasteiger partial charge is 0.339 e. The van der Waals surface area contributed by atoms with E-state index in [-0.39, 0.29) is 5.82 Å². The number of hydrogen-bond acceptors (Lipinski definition) is 4. The predicted octanol–water partition coefficient (Wildman–Crippen LogP) is 3.12. The van der Waals surface area contributed by atoms with Crippen molar-refractivity contribution in [1.82, 2.24) is 15.5 Å². The topological polar surface area (TPSA) is 51.0 Å². The molecular weight excluding hydrogens is 269 g/mol. The Hall–Kier alpha value is -1.75. The van der Waals surface area contributed by atoms with Crippen LogP contribution in [0.1, 0.15) is 30.7 Å². The number of hydrogen-bond donors (Lipinski definition) is 1. The molecule has 0 amide bonds. The number of nitrogens with one attached hydrogen (secondary N) is 1. The van der Waals surface area contributed by atoms with Gasteiger partial charge >= 0.3 is 0 Å². The van der Waals surface area contributed by atoms with Gasteiger partial charge in [-0.05, 0) is 62.9 Å². The Morgan fingerprint density at radius 1 is 1.33 bits per heavy atom. The third-order valence-electron chi connectivity index (χ3n) is 4.13. The molecule has 0 unspecified atom stereocenters. The minimum atomic E-state index is -0.281. The van der Waals surface area contributed by atoms with Crippen LogP contribution >= 0.6 is 0 Å². The summed E-state index contributed by atoms with van der Waals surface area (Å²) in [7, 11) is 0. The molecule has 1 aromatic carbocycles. The van der Waals surface area contributed by atoms with Gasteiger partial charge in [-0.1, -0.05) is 11.2 Å². The summed E-state index contributed by atoms with van der Waals surface area (Å²) < 4.78 is 18.6. The number of piperidine rings is 1. The third kappa shape index (κ3) is 3.47. The minimum Gasteiger partial charge on any atom is -0.339 e. The second-order valence-corrected chi connectivity index (χ2v) is 5.70. The molecule has 1 aliphatic rings. The van der Waals surface area contributed by atoms with Gasteiger partial charge < -0.3 is 9.84 Å². The molecule has 112 valence electrons. The van der Waals surface area contributed by atoms with Gasteiger partial charge in [0.1, 0.15) is 5.82 Å². The molecule has 1 aromatic heterocycles. The van der Waals surface area contributed by atoms with E-state index in [4.69, 9.17) is 4.52 Å². The second-order valence-electron chi connectivity index (χ2n) is 5.70. The van der Waals surface area contributed by atoms with Crippen LogP contribution in [0, 0.1) is 18.7 Å². The molecule has 2 aromatic rings. The molecule has 1 fully saturated rings. The molecule has 0 saturated carbocycles. The summed E-state index contributed by atoms with van der Waals surface area (Å²) in [5.74, 6) is 1.58. The van der Waals surface area contributed by atoms with Crippen LogP contribution in [-0.4, -0.2) is 23.2 Å². The summed E-state index contributed by atoms with van der Waals surface area (Å²) in [6.07, 6.45) is 4.30. The van der Waals surface area contributed by atoms with Gasteiger partial charge in [-0.15, -0.1) is 0 Å². The Kier molecular flexibility index (Phi) is 4.29. The average molecular weight is 289 g/mol. The van der Waals surface area contributed by atoms with Gasteiger partial charge in [0.2, 0.25) is 11.7 Å². The van der Waals surface area contributed by atoms with Crippen molar-refractivity contribution in [1.29, 1.82) is 0 Å². The minimum absolute atomic E-state index is 0.281. The van der Waals surface area contributed by atoms with Crippen molar-refractivity contribution in [2.24, 2.45) is 5.92 Å². The molecule has 1 aliphatic heterocycles. The highest BCUT2D eigenvalue weighted by atomic mass is 19.1. The summed E-state index contributed by atoms with van der Waals surface area (Å²) in [6, 6.07) is 4.63. The Balaban J connectivity index is 1.66. The monoisotopic (exact) mass is 289 g/mol. The van der Waals surface area contributed by atoms with E-state index in [9.17, 15) is 4.39 Å². The van der Waals surface area contributed by atoms with Gasteiger partial charge in [0.15, 0.2) is 0 Å². The van der Waals surface area contributed by atoms with Crippen LogP contribution in [0.15, 0.2) is 22.7 Å². The van der Waals surface area contributed by atoms with Gasteiger partial charge in [0.05, 0.1) is 0 Å². The standard InChI is InChI=1S/C16H20FN3O/c1-11-2-4-13(17)10-14(11)16-19-15(21-20-16)5-3-12-6-8-18-9-7-12/h2,4,10,12,18H,3,5-9H2,1H3. The normalized spacial score (nSPS) is 16.3. The van der Waals surface area contributed by atoms with E-state index in [2.05, 4.69) is 15.5 Å². The van der Waals surface area contributed by atoms with Gasteiger partial charge in [-0.3, -0.25) is 0 Å². The van der Waals surface area contributed by atoms with Crippen molar-refractivity contribution in [2.45, 2.75) is 32.6 Å². The Morgan fingerprint density at radius 3 is 2.95 bits per heavy atom. The molecule has 0 spiro atoms. The molecule has 0 bridgehead atoms. The molecule has 21 heavy (non-hydrogen) atoms. The molecular formula is C16H20FN3O. The molecule has 3 rings (SSSR count). The number of benzene rings is 1. The molecule has 4 nitrogen and oxygen atoms in total. The Bertz CT molecular complexity index is 605. The lowest BCUT2D eigenvalue weighted by Crippen LogP contribution is -2.27. The van der Waals surface area contributed by atoms with Gasteiger partial charge in [-0.2, -0.15) is 4.98 Å². The summed E-state index contributed by atoms with van der Waals surface area (Å²) in [4.78, 5) is 4.41. The van der Waals surface area contributed by atoms with Crippen LogP contribution in [0.5, 0.6) is 0 Å². The summed E-state index contributed by atoms with van der Waals surface area (Å²) in [5.41, 5.74) is 1.65. The molecule has 0 aliphatic carbocycles. The van der Waals surface area contributed by atoms with Crippen LogP contribution in [0.2, 0.25) is 0 Å². The highest BCUT2D eigenvalue weighted by molar-refractivity contribution is 5.59. The van der Waals surface area contributed by atoms with Crippen molar-refractivity contribution in [3.63, 3.8) is 0 Å². The number of aryl methyl sites for hydroxylation is 2. The Morgan fingerprint density at radius 2 is 2.14 bits per heavy atom. The van der Waals surface area contributed by atoms with E-state index >= 15 is 0 Å². The van der Waals surface area contributed by atoms with Crippen LogP contribution in [0.4, 0.5) is 4.39 Å². The molecule has 1 saturated heterocycles. The molecule has 0 atom stereocenters. The average Bonchev–Trinajstić information content (AvgIpc) is 2.97. The fourth-order valence-corrected chi connectivity index (χ4v) is 2.80. The maximum absolute atomic E-state index is 13.3. The van der Waals surface area contributed by atoms with Crippen molar-refractivity contribution in [3.8, 4) is 11.4 Å². The van der Waals surface area contributed by atoms with Crippen molar-refractivity contribution >= 4 is 0 Å². The number of rotatable bonds is 4. The van der Waals surface area contributed by atoms with E-state index in [1.165, 1.54) is 25.0 Å². The first kappa shape index (κ1) is 14.2. The van der Waals surface area contributed by atoms with Crippen LogP contribution in [-0.2, 0) is 6.42 Å². The first-order valence-electron chi connectivity index (χ1n) is 7.52. The van der Waals surface area contributed by atoms with E-state index in [0.29, 0.717) is 17.3 Å². The molecule has 0 radical (unpaired) electrons. The maximum Gasteiger partial charge on any atom is 0.226 e. The third-order valence-corrected chi connectivity index (χ3v) is 4.13. The molecule has 1 N–H and O–H groups in total. The smallest absolute Gasteiger partial charge is 0.226 e. The van der Waals surface area contributed by atoms with Gasteiger partial charge in [0, 0.05) is 12.0 Å². The second kappa shape index (κ2) is 6.35. The van der Waals surface area contributed by atoms with E-state index < -0.39 is 0 Å². The van der Waals surface area contributed by atoms with Crippen molar-refractivity contribution < 1.29 is 8.91 Å². The SMILES string of the molecule is Cc1ccc(F)cc1-c1noc(CCC2CCNCC2)n1. The molecule has 2 heterocycles. The number of halogens is 1. The quantitative estimate of drug-likeness (QED) is 0.939. The first-order chi connectivity index (χ1) is 10.2. The van der Waals surface area contributed by atoms with Gasteiger partial charge in [0.25, 0.3) is 0 Å². The van der Waals surface area contributed by atoms with E-state index in [1.807, 2.05) is 6.92 Å². The summed E-state index contributed by atoms with van der Waals surface area (Å²) in [5, 5.41) is 7.35. The maximum atomic E-state index is 13.3. The predicted molar refractivity (Wildman–Crippen MR) is 78.3 cm³/mol. The summed E-state index contributed by atoms with van der Waals surface area (Å²) in [6.45, 7) is 4.12. The summed E-state index contributed by atoms with van der Waals surface area (Å²) >= 11 is 0. The zero-order valence-corrected chi connectivity index (χ0v) is 12.2. The number of aromatic nitrogens is 2. The lowest BCUT2D eigenvalue weighted by Gasteiger charge is -2.21. The zero-order valence-electron chi connectivity index (χ0n) is 12.2. The lowest BCUT2D eigenvalue weighted by atomic mass is 9.93. The zero-order chi connectivity index (χ0) is 14.7. The van der Waals surface area contributed by atoms with Crippen molar-refractivity contribution in [3.05, 3.63) is 35.5 Å². The lowest BCUT2D eigenvalue weighted by molar-refractivity contribution is 0.324. The highest BCUT2D eigenvalue weighted by Gasteiger charge is 2.16. The molecule has 5 heteroatoms. The van der Waals surface area contributed by atoms with Crippen molar-refractivity contribution in [2.75, 3.05) is 13.1 Å². The number of nitrogens with zero attached hydrogens (tertiary/aromatic N) is 2. The van der Waals surface area contributed by atoms with Gasteiger partial charge in [-0.25, -0.2) is 4.39 Å². The first-order valence-corrected chi connectivity index (χ1v) is 7.52. The van der Waals surface area contributed by atoms with Crippen LogP contribution in [0.3, 0.4) is 0 Å². The highest BCUT2D eigenvalue weighted by Crippen LogP contribution is 2.23.